The van der Waals surface area contributed by atoms with Gasteiger partial charge >= 0.3 is 6.09 Å². The fourth-order valence-corrected chi connectivity index (χ4v) is 3.42. The van der Waals surface area contributed by atoms with Gasteiger partial charge in [-0.15, -0.1) is 0 Å². The molecule has 1 aliphatic carbocycles. The van der Waals surface area contributed by atoms with Gasteiger partial charge in [-0.2, -0.15) is 0 Å². The van der Waals surface area contributed by atoms with Crippen LogP contribution in [0.25, 0.3) is 0 Å². The van der Waals surface area contributed by atoms with Crippen molar-refractivity contribution >= 4 is 6.09 Å². The highest BCUT2D eigenvalue weighted by Crippen LogP contribution is 2.29. The molecule has 0 spiro atoms. The number of ether oxygens (including phenoxy) is 1. The summed E-state index contributed by atoms with van der Waals surface area (Å²) in [6, 6.07) is -0.475. The molecule has 0 radical (unpaired) electrons. The van der Waals surface area contributed by atoms with Crippen molar-refractivity contribution in [2.75, 3.05) is 0 Å². The summed E-state index contributed by atoms with van der Waals surface area (Å²) >= 11 is 0. The fourth-order valence-electron chi connectivity index (χ4n) is 3.42. The number of carbonyl (C=O) groups excluding carboxylic acids is 1. The zero-order valence-electron chi connectivity index (χ0n) is 16.0. The summed E-state index contributed by atoms with van der Waals surface area (Å²) < 4.78 is 5.33. The van der Waals surface area contributed by atoms with E-state index in [1.54, 1.807) is 0 Å². The van der Waals surface area contributed by atoms with E-state index in [-0.39, 0.29) is 5.92 Å². The minimum Gasteiger partial charge on any atom is -0.444 e. The first kappa shape index (κ1) is 21.2. The second-order valence-electron chi connectivity index (χ2n) is 8.68. The largest absolute Gasteiger partial charge is 0.444 e. The summed E-state index contributed by atoms with van der Waals surface area (Å²) in [7, 11) is 0. The summed E-state index contributed by atoms with van der Waals surface area (Å²) in [6.07, 6.45) is 4.78. The number of hydrogen-bond donors (Lipinski definition) is 3. The normalized spacial score (nSPS) is 20.5. The highest BCUT2D eigenvalue weighted by molar-refractivity contribution is 5.68. The van der Waals surface area contributed by atoms with E-state index in [0.29, 0.717) is 18.8 Å². The average Bonchev–Trinajstić information content (AvgIpc) is 2.44. The van der Waals surface area contributed by atoms with Crippen molar-refractivity contribution in [3.8, 4) is 0 Å². The van der Waals surface area contributed by atoms with Gasteiger partial charge in [0, 0.05) is 0 Å². The minimum atomic E-state index is -0.971. The maximum atomic E-state index is 12.1. The maximum absolute atomic E-state index is 12.1. The fraction of sp³-hybridized carbons (Fsp3) is 0.947. The standard InChI is InChI=1S/C19H37NO4/c1-13(2)11-16(21)17(22)15(12-14-9-7-6-8-10-14)20-18(23)24-19(3,4)5/h13-17,21-22H,6-12H2,1-5H3,(H,20,23). The van der Waals surface area contributed by atoms with Crippen LogP contribution in [0, 0.1) is 11.8 Å². The molecule has 1 rings (SSSR count). The van der Waals surface area contributed by atoms with Crippen LogP contribution in [0.1, 0.15) is 79.6 Å². The van der Waals surface area contributed by atoms with E-state index in [4.69, 9.17) is 4.74 Å². The Labute approximate surface area is 147 Å². The Morgan fingerprint density at radius 3 is 2.25 bits per heavy atom. The van der Waals surface area contributed by atoms with Gasteiger partial charge in [0.05, 0.1) is 12.1 Å². The van der Waals surface area contributed by atoms with Crippen LogP contribution in [0.2, 0.25) is 0 Å². The molecular formula is C19H37NO4. The first-order valence-electron chi connectivity index (χ1n) is 9.44. The lowest BCUT2D eigenvalue weighted by Crippen LogP contribution is -2.51. The summed E-state index contributed by atoms with van der Waals surface area (Å²) in [4.78, 5) is 12.1. The monoisotopic (exact) mass is 343 g/mol. The van der Waals surface area contributed by atoms with E-state index in [0.717, 1.165) is 12.8 Å². The van der Waals surface area contributed by atoms with E-state index in [2.05, 4.69) is 5.32 Å². The molecule has 1 amide bonds. The van der Waals surface area contributed by atoms with Crippen LogP contribution in [-0.4, -0.2) is 40.2 Å². The molecule has 0 aromatic heterocycles. The molecule has 0 bridgehead atoms. The molecule has 0 aromatic rings. The van der Waals surface area contributed by atoms with Crippen LogP contribution in [0.5, 0.6) is 0 Å². The molecule has 0 heterocycles. The molecule has 3 N–H and O–H groups in total. The van der Waals surface area contributed by atoms with Gasteiger partial charge in [0.1, 0.15) is 11.7 Å². The van der Waals surface area contributed by atoms with Gasteiger partial charge in [-0.25, -0.2) is 4.79 Å². The van der Waals surface area contributed by atoms with Crippen molar-refractivity contribution in [1.82, 2.24) is 5.32 Å². The van der Waals surface area contributed by atoms with Gasteiger partial charge in [0.25, 0.3) is 0 Å². The second kappa shape index (κ2) is 9.62. The van der Waals surface area contributed by atoms with E-state index in [1.165, 1.54) is 19.3 Å². The Hall–Kier alpha value is -0.810. The highest BCUT2D eigenvalue weighted by Gasteiger charge is 2.32. The first-order valence-corrected chi connectivity index (χ1v) is 9.44. The third-order valence-corrected chi connectivity index (χ3v) is 4.53. The van der Waals surface area contributed by atoms with Gasteiger partial charge in [0.2, 0.25) is 0 Å². The van der Waals surface area contributed by atoms with Crippen molar-refractivity contribution in [3.63, 3.8) is 0 Å². The average molecular weight is 344 g/mol. The van der Waals surface area contributed by atoms with Crippen molar-refractivity contribution in [2.45, 2.75) is 103 Å². The number of alkyl carbamates (subject to hydrolysis) is 1. The van der Waals surface area contributed by atoms with Gasteiger partial charge in [-0.05, 0) is 45.4 Å². The van der Waals surface area contributed by atoms with Crippen LogP contribution in [0.15, 0.2) is 0 Å². The lowest BCUT2D eigenvalue weighted by atomic mass is 9.82. The summed E-state index contributed by atoms with van der Waals surface area (Å²) in [5.41, 5.74) is -0.582. The van der Waals surface area contributed by atoms with E-state index >= 15 is 0 Å². The van der Waals surface area contributed by atoms with Gasteiger partial charge in [-0.3, -0.25) is 0 Å². The molecule has 1 fully saturated rings. The van der Waals surface area contributed by atoms with Crippen LogP contribution < -0.4 is 5.32 Å². The zero-order chi connectivity index (χ0) is 18.3. The maximum Gasteiger partial charge on any atom is 0.407 e. The number of nitrogens with one attached hydrogen (secondary N) is 1. The van der Waals surface area contributed by atoms with E-state index in [9.17, 15) is 15.0 Å². The molecule has 0 saturated heterocycles. The number of amides is 1. The SMILES string of the molecule is CC(C)CC(O)C(O)C(CC1CCCCC1)NC(=O)OC(C)(C)C. The van der Waals surface area contributed by atoms with Gasteiger partial charge < -0.3 is 20.3 Å². The first-order chi connectivity index (χ1) is 11.1. The zero-order valence-corrected chi connectivity index (χ0v) is 16.0. The molecular weight excluding hydrogens is 306 g/mol. The summed E-state index contributed by atoms with van der Waals surface area (Å²) in [5, 5.41) is 23.7. The molecule has 24 heavy (non-hydrogen) atoms. The Morgan fingerprint density at radius 2 is 1.75 bits per heavy atom. The molecule has 5 heteroatoms. The number of hydrogen-bond acceptors (Lipinski definition) is 4. The van der Waals surface area contributed by atoms with Crippen LogP contribution in [0.3, 0.4) is 0 Å². The van der Waals surface area contributed by atoms with E-state index < -0.39 is 29.9 Å². The lowest BCUT2D eigenvalue weighted by Gasteiger charge is -2.33. The van der Waals surface area contributed by atoms with Crippen molar-refractivity contribution in [3.05, 3.63) is 0 Å². The Morgan fingerprint density at radius 1 is 1.17 bits per heavy atom. The molecule has 5 nitrogen and oxygen atoms in total. The third-order valence-electron chi connectivity index (χ3n) is 4.53. The Kier molecular flexibility index (Phi) is 8.51. The molecule has 0 aromatic carbocycles. The third kappa shape index (κ3) is 8.34. The molecule has 1 saturated carbocycles. The Bertz CT molecular complexity index is 372. The Balaban J connectivity index is 2.71. The second-order valence-corrected chi connectivity index (χ2v) is 8.68. The smallest absolute Gasteiger partial charge is 0.407 e. The lowest BCUT2D eigenvalue weighted by molar-refractivity contribution is -0.0232. The molecule has 1 aliphatic rings. The number of carbonyl (C=O) groups is 1. The molecule has 3 atom stereocenters. The van der Waals surface area contributed by atoms with Gasteiger partial charge in [0.15, 0.2) is 0 Å². The van der Waals surface area contributed by atoms with E-state index in [1.807, 2.05) is 34.6 Å². The topological polar surface area (TPSA) is 78.8 Å². The van der Waals surface area contributed by atoms with Crippen molar-refractivity contribution in [2.24, 2.45) is 11.8 Å². The number of aliphatic hydroxyl groups excluding tert-OH is 2. The predicted octanol–water partition coefficient (Wildman–Crippen LogP) is 3.62. The molecule has 0 aliphatic heterocycles. The van der Waals surface area contributed by atoms with Crippen LogP contribution in [0.4, 0.5) is 4.79 Å². The van der Waals surface area contributed by atoms with Crippen LogP contribution >= 0.6 is 0 Å². The van der Waals surface area contributed by atoms with Crippen molar-refractivity contribution < 1.29 is 19.7 Å². The predicted molar refractivity (Wildman–Crippen MR) is 95.8 cm³/mol. The number of rotatable bonds is 7. The minimum absolute atomic E-state index is 0.284. The highest BCUT2D eigenvalue weighted by atomic mass is 16.6. The van der Waals surface area contributed by atoms with Gasteiger partial charge in [-0.1, -0.05) is 46.0 Å². The molecule has 142 valence electrons. The van der Waals surface area contributed by atoms with Crippen LogP contribution in [-0.2, 0) is 4.74 Å². The quantitative estimate of drug-likeness (QED) is 0.660. The van der Waals surface area contributed by atoms with Crippen molar-refractivity contribution in [1.29, 1.82) is 0 Å². The summed E-state index contributed by atoms with van der Waals surface area (Å²) in [5.74, 6) is 0.770. The number of aliphatic hydroxyl groups is 2. The molecule has 3 unspecified atom stereocenters. The summed E-state index contributed by atoms with van der Waals surface area (Å²) in [6.45, 7) is 9.45.